The predicted molar refractivity (Wildman–Crippen MR) is 107 cm³/mol. The van der Waals surface area contributed by atoms with Crippen LogP contribution in [-0.4, -0.2) is 27.5 Å². The maximum atomic E-state index is 12.4. The van der Waals surface area contributed by atoms with Gasteiger partial charge >= 0.3 is 0 Å². The highest BCUT2D eigenvalue weighted by Crippen LogP contribution is 2.33. The summed E-state index contributed by atoms with van der Waals surface area (Å²) in [5, 5.41) is 11.2. The highest BCUT2D eigenvalue weighted by atomic mass is 35.5. The van der Waals surface area contributed by atoms with Crippen LogP contribution in [0.3, 0.4) is 0 Å². The van der Waals surface area contributed by atoms with Crippen LogP contribution in [0.25, 0.3) is 0 Å². The molecule has 4 rings (SSSR count). The van der Waals surface area contributed by atoms with Crippen molar-refractivity contribution in [3.63, 3.8) is 0 Å². The van der Waals surface area contributed by atoms with Crippen LogP contribution in [0.5, 0.6) is 0 Å². The van der Waals surface area contributed by atoms with Gasteiger partial charge in [-0.15, -0.1) is 0 Å². The number of H-pyrrole nitrogens is 1. The van der Waals surface area contributed by atoms with E-state index in [1.165, 1.54) is 0 Å². The molecule has 1 aromatic heterocycles. The summed E-state index contributed by atoms with van der Waals surface area (Å²) < 4.78 is 0. The number of halogens is 1. The number of carbonyl (C=O) groups excluding carboxylic acids is 1. The Morgan fingerprint density at radius 2 is 2.15 bits per heavy atom. The van der Waals surface area contributed by atoms with Crippen molar-refractivity contribution in [2.24, 2.45) is 0 Å². The van der Waals surface area contributed by atoms with Crippen molar-refractivity contribution in [3.05, 3.63) is 82.1 Å². The molecule has 6 heteroatoms. The normalized spacial score (nSPS) is 14.3. The summed E-state index contributed by atoms with van der Waals surface area (Å²) in [6.45, 7) is 3.54. The number of hydrogen-bond donors (Lipinski definition) is 2. The van der Waals surface area contributed by atoms with E-state index in [-0.39, 0.29) is 11.9 Å². The second-order valence-corrected chi connectivity index (χ2v) is 7.14. The maximum absolute atomic E-state index is 12.4. The number of anilines is 1. The van der Waals surface area contributed by atoms with Crippen LogP contribution < -0.4 is 5.32 Å². The second kappa shape index (κ2) is 7.45. The lowest BCUT2D eigenvalue weighted by atomic mass is 10.0. The molecular weight excluding hydrogens is 360 g/mol. The highest BCUT2D eigenvalue weighted by molar-refractivity contribution is 6.31. The molecule has 0 fully saturated rings. The van der Waals surface area contributed by atoms with Crippen LogP contribution in [0.2, 0.25) is 5.02 Å². The molecule has 2 N–H and O–H groups in total. The van der Waals surface area contributed by atoms with Gasteiger partial charge in [-0.3, -0.25) is 9.89 Å². The molecule has 0 spiro atoms. The minimum Gasteiger partial charge on any atom is -0.374 e. The summed E-state index contributed by atoms with van der Waals surface area (Å²) in [4.78, 5) is 14.3. The first-order valence-corrected chi connectivity index (χ1v) is 9.47. The topological polar surface area (TPSA) is 61.0 Å². The minimum atomic E-state index is -0.139. The summed E-state index contributed by atoms with van der Waals surface area (Å²) in [5.74, 6) is 0.121. The summed E-state index contributed by atoms with van der Waals surface area (Å²) in [6.07, 6.45) is 4.61. The summed E-state index contributed by atoms with van der Waals surface area (Å²) in [5.41, 5.74) is 4.78. The third-order valence-corrected chi connectivity index (χ3v) is 5.20. The Hall–Kier alpha value is -2.79. The van der Waals surface area contributed by atoms with Gasteiger partial charge in [0.1, 0.15) is 0 Å². The van der Waals surface area contributed by atoms with Crippen molar-refractivity contribution >= 4 is 23.2 Å². The van der Waals surface area contributed by atoms with E-state index in [4.69, 9.17) is 11.6 Å². The molecule has 0 saturated carbocycles. The van der Waals surface area contributed by atoms with Crippen LogP contribution in [0.1, 0.15) is 46.4 Å². The molecule has 1 amide bonds. The molecule has 0 aliphatic carbocycles. The van der Waals surface area contributed by atoms with Gasteiger partial charge in [-0.2, -0.15) is 5.10 Å². The molecule has 1 aliphatic rings. The van der Waals surface area contributed by atoms with Gasteiger partial charge in [0, 0.05) is 41.1 Å². The lowest BCUT2D eigenvalue weighted by Gasteiger charge is -2.21. The molecule has 1 unspecified atom stereocenters. The molecule has 1 aliphatic heterocycles. The van der Waals surface area contributed by atoms with Crippen molar-refractivity contribution in [1.82, 2.24) is 15.1 Å². The van der Waals surface area contributed by atoms with E-state index >= 15 is 0 Å². The van der Waals surface area contributed by atoms with Crippen LogP contribution in [0.4, 0.5) is 5.69 Å². The number of amides is 1. The summed E-state index contributed by atoms with van der Waals surface area (Å²) >= 11 is 6.45. The average Bonchev–Trinajstić information content (AvgIpc) is 3.30. The first kappa shape index (κ1) is 17.6. The van der Waals surface area contributed by atoms with Crippen LogP contribution >= 0.6 is 11.6 Å². The largest absolute Gasteiger partial charge is 0.374 e. The number of rotatable bonds is 6. The molecule has 0 saturated heterocycles. The summed E-state index contributed by atoms with van der Waals surface area (Å²) in [7, 11) is 0. The fourth-order valence-corrected chi connectivity index (χ4v) is 3.80. The van der Waals surface area contributed by atoms with Gasteiger partial charge in [-0.05, 0) is 41.8 Å². The zero-order valence-corrected chi connectivity index (χ0v) is 15.8. The average molecular weight is 381 g/mol. The Bertz CT molecular complexity index is 955. The molecule has 0 radical (unpaired) electrons. The van der Waals surface area contributed by atoms with Crippen molar-refractivity contribution < 1.29 is 4.79 Å². The Kier molecular flexibility index (Phi) is 4.86. The van der Waals surface area contributed by atoms with Gasteiger partial charge in [0.05, 0.1) is 12.2 Å². The molecular formula is C21H21ClN4O. The number of aromatic nitrogens is 2. The number of hydrogen-bond acceptors (Lipinski definition) is 3. The first-order chi connectivity index (χ1) is 13.2. The van der Waals surface area contributed by atoms with Crippen LogP contribution in [0, 0.1) is 0 Å². The van der Waals surface area contributed by atoms with Gasteiger partial charge < -0.3 is 10.2 Å². The van der Waals surface area contributed by atoms with E-state index in [2.05, 4.69) is 28.5 Å². The first-order valence-electron chi connectivity index (χ1n) is 9.09. The number of nitrogens with zero attached hydrogens (tertiary/aromatic N) is 2. The fourth-order valence-electron chi connectivity index (χ4n) is 3.56. The molecule has 2 heterocycles. The Balaban J connectivity index is 1.65. The Morgan fingerprint density at radius 3 is 2.89 bits per heavy atom. The van der Waals surface area contributed by atoms with Crippen molar-refractivity contribution in [3.8, 4) is 0 Å². The number of fused-ring (bicyclic) bond motifs is 1. The van der Waals surface area contributed by atoms with Crippen LogP contribution in [-0.2, 0) is 6.54 Å². The lowest BCUT2D eigenvalue weighted by molar-refractivity contribution is 0.0778. The van der Waals surface area contributed by atoms with Gasteiger partial charge in [0.25, 0.3) is 5.91 Å². The molecule has 27 heavy (non-hydrogen) atoms. The van der Waals surface area contributed by atoms with Gasteiger partial charge in [-0.25, -0.2) is 0 Å². The summed E-state index contributed by atoms with van der Waals surface area (Å²) in [6, 6.07) is 13.6. The smallest absolute Gasteiger partial charge is 0.254 e. The molecule has 0 bridgehead atoms. The van der Waals surface area contributed by atoms with Crippen molar-refractivity contribution in [1.29, 1.82) is 0 Å². The number of nitrogens with one attached hydrogen (secondary N) is 2. The van der Waals surface area contributed by atoms with E-state index in [9.17, 15) is 4.79 Å². The third kappa shape index (κ3) is 3.43. The Morgan fingerprint density at radius 1 is 1.30 bits per heavy atom. The quantitative estimate of drug-likeness (QED) is 0.655. The minimum absolute atomic E-state index is 0.121. The van der Waals surface area contributed by atoms with Gasteiger partial charge in [-0.1, -0.05) is 36.7 Å². The monoisotopic (exact) mass is 380 g/mol. The second-order valence-electron chi connectivity index (χ2n) is 6.73. The lowest BCUT2D eigenvalue weighted by Crippen LogP contribution is -2.24. The third-order valence-electron chi connectivity index (χ3n) is 4.86. The number of benzene rings is 2. The maximum Gasteiger partial charge on any atom is 0.254 e. The highest BCUT2D eigenvalue weighted by Gasteiger charge is 2.27. The Labute approximate surface area is 163 Å². The van der Waals surface area contributed by atoms with E-state index in [1.54, 1.807) is 6.20 Å². The molecule has 3 aromatic rings. The van der Waals surface area contributed by atoms with Gasteiger partial charge in [0.15, 0.2) is 0 Å². The zero-order valence-electron chi connectivity index (χ0n) is 15.1. The molecule has 1 atom stereocenters. The molecule has 2 aromatic carbocycles. The number of aromatic amines is 1. The number of carbonyl (C=O) groups is 1. The van der Waals surface area contributed by atoms with E-state index in [1.807, 2.05) is 47.5 Å². The fraction of sp³-hybridized carbons (Fsp3) is 0.238. The van der Waals surface area contributed by atoms with E-state index in [0.717, 1.165) is 40.9 Å². The molecule has 138 valence electrons. The standard InChI is InChI=1S/C21H21ClN4O/c1-2-9-26-13-14-10-16(7-8-17(14)21(26)27)25-20(15-11-23-24-12-15)18-5-3-4-6-19(18)22/h3-8,10-12,20,25H,2,9,13H2,1H3,(H,23,24). The van der Waals surface area contributed by atoms with Crippen molar-refractivity contribution in [2.45, 2.75) is 25.9 Å². The SMILES string of the molecule is CCCN1Cc2cc(NC(c3cn[nH]c3)c3ccccc3Cl)ccc2C1=O. The van der Waals surface area contributed by atoms with Gasteiger partial charge in [0.2, 0.25) is 0 Å². The predicted octanol–water partition coefficient (Wildman–Crippen LogP) is 4.63. The van der Waals surface area contributed by atoms with Crippen molar-refractivity contribution in [2.75, 3.05) is 11.9 Å². The van der Waals surface area contributed by atoms with E-state index in [0.29, 0.717) is 11.6 Å². The van der Waals surface area contributed by atoms with E-state index < -0.39 is 0 Å². The molecule has 5 nitrogen and oxygen atoms in total. The van der Waals surface area contributed by atoms with Crippen LogP contribution in [0.15, 0.2) is 54.9 Å². The zero-order chi connectivity index (χ0) is 18.8.